The van der Waals surface area contributed by atoms with Crippen LogP contribution < -0.4 is 0 Å². The molecule has 0 bridgehead atoms. The highest BCUT2D eigenvalue weighted by Crippen LogP contribution is 2.25. The molecule has 0 aromatic carbocycles. The topological polar surface area (TPSA) is 40.5 Å². The van der Waals surface area contributed by atoms with Gasteiger partial charge >= 0.3 is 0 Å². The van der Waals surface area contributed by atoms with Crippen LogP contribution in [0.25, 0.3) is 0 Å². The summed E-state index contributed by atoms with van der Waals surface area (Å²) in [7, 11) is 0. The molecule has 1 heterocycles. The van der Waals surface area contributed by atoms with Crippen LogP contribution in [-0.2, 0) is 4.79 Å². The number of piperidine rings is 1. The van der Waals surface area contributed by atoms with Crippen molar-refractivity contribution in [2.45, 2.75) is 50.9 Å². The number of β-amino-alcohol motifs (C(OH)–C–C–N with tert-alkyl or cyclic N) is 1. The lowest BCUT2D eigenvalue weighted by Crippen LogP contribution is -2.49. The molecule has 94 valence electrons. The third kappa shape index (κ3) is 4.74. The molecule has 1 saturated heterocycles. The molecule has 0 aromatic heterocycles. The van der Waals surface area contributed by atoms with E-state index >= 15 is 0 Å². The van der Waals surface area contributed by atoms with Gasteiger partial charge in [-0.25, -0.2) is 0 Å². The van der Waals surface area contributed by atoms with Crippen LogP contribution in [0.1, 0.15) is 40.5 Å². The van der Waals surface area contributed by atoms with Crippen molar-refractivity contribution < 1.29 is 9.90 Å². The number of thioether (sulfide) groups is 1. The first-order valence-corrected chi connectivity index (χ1v) is 6.82. The van der Waals surface area contributed by atoms with Crippen molar-refractivity contribution in [3.8, 4) is 0 Å². The van der Waals surface area contributed by atoms with Gasteiger partial charge in [0.1, 0.15) is 0 Å². The Morgan fingerprint density at radius 1 is 1.50 bits per heavy atom. The monoisotopic (exact) mass is 245 g/mol. The summed E-state index contributed by atoms with van der Waals surface area (Å²) in [6.45, 7) is 9.41. The van der Waals surface area contributed by atoms with E-state index < -0.39 is 5.60 Å². The van der Waals surface area contributed by atoms with Gasteiger partial charge in [-0.05, 0) is 19.8 Å². The molecule has 0 aromatic rings. The van der Waals surface area contributed by atoms with Crippen LogP contribution in [0.3, 0.4) is 0 Å². The fourth-order valence-corrected chi connectivity index (χ4v) is 2.54. The fourth-order valence-electron chi connectivity index (χ4n) is 1.80. The summed E-state index contributed by atoms with van der Waals surface area (Å²) in [5, 5.41) is 9.92. The predicted octanol–water partition coefficient (Wildman–Crippen LogP) is 1.89. The molecule has 1 aliphatic heterocycles. The Labute approximate surface area is 103 Å². The number of rotatable bonds is 2. The molecule has 0 aliphatic carbocycles. The van der Waals surface area contributed by atoms with Crippen molar-refractivity contribution in [2.24, 2.45) is 0 Å². The van der Waals surface area contributed by atoms with E-state index in [1.165, 1.54) is 0 Å². The lowest BCUT2D eigenvalue weighted by atomic mass is 9.95. The molecule has 0 radical (unpaired) electrons. The number of amides is 1. The highest BCUT2D eigenvalue weighted by Gasteiger charge is 2.31. The van der Waals surface area contributed by atoms with Gasteiger partial charge in [0.15, 0.2) is 0 Å². The lowest BCUT2D eigenvalue weighted by Gasteiger charge is -2.37. The minimum atomic E-state index is -0.694. The van der Waals surface area contributed by atoms with Crippen LogP contribution in [0.15, 0.2) is 0 Å². The second-order valence-electron chi connectivity index (χ2n) is 5.82. The highest BCUT2D eigenvalue weighted by molar-refractivity contribution is 8.01. The van der Waals surface area contributed by atoms with Crippen LogP contribution in [0, 0.1) is 0 Å². The molecular weight excluding hydrogens is 222 g/mol. The van der Waals surface area contributed by atoms with Gasteiger partial charge in [0.25, 0.3) is 0 Å². The van der Waals surface area contributed by atoms with Gasteiger partial charge in [-0.3, -0.25) is 4.79 Å². The Morgan fingerprint density at radius 3 is 2.62 bits per heavy atom. The second-order valence-corrected chi connectivity index (χ2v) is 7.62. The smallest absolute Gasteiger partial charge is 0.232 e. The fraction of sp³-hybridized carbons (Fsp3) is 0.917. The summed E-state index contributed by atoms with van der Waals surface area (Å²) in [6, 6.07) is 0. The number of likely N-dealkylation sites (tertiary alicyclic amines) is 1. The Morgan fingerprint density at radius 2 is 2.12 bits per heavy atom. The number of aliphatic hydroxyl groups is 1. The zero-order valence-electron chi connectivity index (χ0n) is 10.7. The number of carbonyl (C=O) groups excluding carboxylic acids is 1. The summed E-state index contributed by atoms with van der Waals surface area (Å²) in [5.74, 6) is 0.666. The zero-order valence-corrected chi connectivity index (χ0v) is 11.6. The Bertz CT molecular complexity index is 258. The van der Waals surface area contributed by atoms with Gasteiger partial charge in [-0.15, -0.1) is 11.8 Å². The molecule has 1 amide bonds. The van der Waals surface area contributed by atoms with Gasteiger partial charge in [0, 0.05) is 17.8 Å². The molecule has 1 aliphatic rings. The number of hydrogen-bond acceptors (Lipinski definition) is 3. The van der Waals surface area contributed by atoms with Crippen molar-refractivity contribution in [1.29, 1.82) is 0 Å². The van der Waals surface area contributed by atoms with Gasteiger partial charge in [0.05, 0.1) is 11.4 Å². The van der Waals surface area contributed by atoms with E-state index in [-0.39, 0.29) is 10.7 Å². The number of nitrogens with zero attached hydrogens (tertiary/aromatic N) is 1. The van der Waals surface area contributed by atoms with Crippen molar-refractivity contribution in [2.75, 3.05) is 18.8 Å². The van der Waals surface area contributed by atoms with E-state index in [0.29, 0.717) is 12.3 Å². The first-order valence-electron chi connectivity index (χ1n) is 5.84. The summed E-state index contributed by atoms with van der Waals surface area (Å²) in [6.07, 6.45) is 1.70. The molecule has 3 nitrogen and oxygen atoms in total. The molecule has 4 heteroatoms. The molecule has 1 atom stereocenters. The van der Waals surface area contributed by atoms with Crippen molar-refractivity contribution in [3.63, 3.8) is 0 Å². The van der Waals surface area contributed by atoms with Gasteiger partial charge in [0.2, 0.25) is 5.91 Å². The first-order chi connectivity index (χ1) is 7.20. The minimum absolute atomic E-state index is 0.119. The molecule has 1 N–H and O–H groups in total. The average molecular weight is 245 g/mol. The standard InChI is InChI=1S/C12H23NO2S/c1-11(2,3)16-8-10(14)13-7-5-6-12(4,15)9-13/h15H,5-9H2,1-4H3. The molecule has 1 fully saturated rings. The minimum Gasteiger partial charge on any atom is -0.388 e. The molecule has 1 rings (SSSR count). The summed E-state index contributed by atoms with van der Waals surface area (Å²) < 4.78 is 0.119. The van der Waals surface area contributed by atoms with Gasteiger partial charge in [-0.1, -0.05) is 20.8 Å². The third-order valence-corrected chi connectivity index (χ3v) is 3.91. The highest BCUT2D eigenvalue weighted by atomic mass is 32.2. The number of carbonyl (C=O) groups is 1. The van der Waals surface area contributed by atoms with Crippen LogP contribution >= 0.6 is 11.8 Å². The predicted molar refractivity (Wildman–Crippen MR) is 68.6 cm³/mol. The summed E-state index contributed by atoms with van der Waals surface area (Å²) in [5.41, 5.74) is -0.694. The maximum atomic E-state index is 11.9. The molecule has 1 unspecified atom stereocenters. The SMILES string of the molecule is CC1(O)CCCN(C(=O)CSC(C)(C)C)C1. The summed E-state index contributed by atoms with van der Waals surface area (Å²) in [4.78, 5) is 13.7. The van der Waals surface area contributed by atoms with E-state index in [0.717, 1.165) is 19.4 Å². The second kappa shape index (κ2) is 4.96. The average Bonchev–Trinajstić information content (AvgIpc) is 2.11. The maximum absolute atomic E-state index is 11.9. The van der Waals surface area contributed by atoms with Gasteiger partial charge < -0.3 is 10.0 Å². The van der Waals surface area contributed by atoms with E-state index in [1.54, 1.807) is 16.7 Å². The quantitative estimate of drug-likeness (QED) is 0.807. The molecule has 0 spiro atoms. The van der Waals surface area contributed by atoms with E-state index in [2.05, 4.69) is 20.8 Å². The normalized spacial score (nSPS) is 26.9. The molecular formula is C12H23NO2S. The van der Waals surface area contributed by atoms with Crippen LogP contribution in [0.2, 0.25) is 0 Å². The van der Waals surface area contributed by atoms with E-state index in [1.807, 2.05) is 6.92 Å². The largest absolute Gasteiger partial charge is 0.388 e. The Kier molecular flexibility index (Phi) is 4.29. The van der Waals surface area contributed by atoms with E-state index in [4.69, 9.17) is 0 Å². The van der Waals surface area contributed by atoms with Crippen molar-refractivity contribution in [3.05, 3.63) is 0 Å². The van der Waals surface area contributed by atoms with Gasteiger partial charge in [-0.2, -0.15) is 0 Å². The van der Waals surface area contributed by atoms with Crippen LogP contribution in [-0.4, -0.2) is 45.1 Å². The first kappa shape index (κ1) is 13.8. The van der Waals surface area contributed by atoms with Crippen molar-refractivity contribution >= 4 is 17.7 Å². The van der Waals surface area contributed by atoms with E-state index in [9.17, 15) is 9.90 Å². The molecule has 16 heavy (non-hydrogen) atoms. The van der Waals surface area contributed by atoms with Crippen LogP contribution in [0.5, 0.6) is 0 Å². The molecule has 0 saturated carbocycles. The third-order valence-electron chi connectivity index (χ3n) is 2.66. The Balaban J connectivity index is 2.42. The van der Waals surface area contributed by atoms with Crippen molar-refractivity contribution in [1.82, 2.24) is 4.90 Å². The number of hydrogen-bond donors (Lipinski definition) is 1. The zero-order chi connectivity index (χ0) is 12.4. The Hall–Kier alpha value is -0.220. The summed E-state index contributed by atoms with van der Waals surface area (Å²) >= 11 is 1.66. The maximum Gasteiger partial charge on any atom is 0.232 e. The lowest BCUT2D eigenvalue weighted by molar-refractivity contribution is -0.134. The van der Waals surface area contributed by atoms with Crippen LogP contribution in [0.4, 0.5) is 0 Å².